The Morgan fingerprint density at radius 3 is 2.18 bits per heavy atom. The molecule has 6 heteroatoms. The fourth-order valence-corrected chi connectivity index (χ4v) is 0.477. The van der Waals surface area contributed by atoms with E-state index in [1.54, 1.807) is 18.5 Å². The number of hydrogen-bond donors (Lipinski definition) is 2. The van der Waals surface area contributed by atoms with Gasteiger partial charge in [-0.15, -0.1) is 12.4 Å². The third-order valence-electron chi connectivity index (χ3n) is 0.882. The molecule has 66 valence electrons. The highest BCUT2D eigenvalue weighted by atomic mass is 35.5. The zero-order chi connectivity index (χ0) is 5.98. The summed E-state index contributed by atoms with van der Waals surface area (Å²) in [6.45, 7) is 0. The number of carbonyl (C=O) groups excluding carboxylic acids is 1. The first kappa shape index (κ1) is 16.5. The van der Waals surface area contributed by atoms with Gasteiger partial charge >= 0.3 is 0 Å². The third kappa shape index (κ3) is 4.38. The largest absolute Gasteiger partial charge is 0.412 e. The zero-order valence-corrected chi connectivity index (χ0v) is 6.44. The Bertz CT molecular complexity index is 188. The maximum Gasteiger partial charge on any atom is 0.250 e. The molecule has 1 heterocycles. The highest BCUT2D eigenvalue weighted by Gasteiger charge is 1.95. The summed E-state index contributed by atoms with van der Waals surface area (Å²) in [5.74, 6) is -0.397. The van der Waals surface area contributed by atoms with Gasteiger partial charge in [-0.3, -0.25) is 4.79 Å². The summed E-state index contributed by atoms with van der Waals surface area (Å²) >= 11 is 0. The van der Waals surface area contributed by atoms with Gasteiger partial charge in [-0.25, -0.2) is 0 Å². The monoisotopic (exact) mass is 182 g/mol. The van der Waals surface area contributed by atoms with Gasteiger partial charge in [-0.2, -0.15) is 0 Å². The van der Waals surface area contributed by atoms with Crippen LogP contribution in [0.25, 0.3) is 0 Å². The van der Waals surface area contributed by atoms with Crippen LogP contribution in [-0.2, 0) is 0 Å². The summed E-state index contributed by atoms with van der Waals surface area (Å²) in [7, 11) is 0. The van der Waals surface area contributed by atoms with Crippen molar-refractivity contribution in [3.63, 3.8) is 0 Å². The second kappa shape index (κ2) is 7.07. The van der Waals surface area contributed by atoms with Crippen molar-refractivity contribution in [2.75, 3.05) is 0 Å². The van der Waals surface area contributed by atoms with Gasteiger partial charge in [-0.1, -0.05) is 0 Å². The summed E-state index contributed by atoms with van der Waals surface area (Å²) < 4.78 is 0. The normalized spacial score (nSPS) is 6.55. The smallest absolute Gasteiger partial charge is 0.250 e. The number of H-pyrrole nitrogens is 1. The van der Waals surface area contributed by atoms with Gasteiger partial charge in [0.15, 0.2) is 0 Å². The van der Waals surface area contributed by atoms with E-state index in [0.717, 1.165) is 0 Å². The molecule has 0 aliphatic rings. The molecule has 0 fully saturated rings. The maximum atomic E-state index is 10.3. The predicted molar refractivity (Wildman–Crippen MR) is 43.8 cm³/mol. The molecule has 0 saturated carbocycles. The number of aromatic nitrogens is 1. The number of primary amides is 1. The molecule has 0 saturated heterocycles. The highest BCUT2D eigenvalue weighted by Crippen LogP contribution is 1.91. The summed E-state index contributed by atoms with van der Waals surface area (Å²) in [4.78, 5) is 13.0. The van der Waals surface area contributed by atoms with Crippen LogP contribution in [-0.4, -0.2) is 21.8 Å². The van der Waals surface area contributed by atoms with E-state index in [1.807, 2.05) is 0 Å². The molecule has 0 unspecified atom stereocenters. The maximum absolute atomic E-state index is 10.3. The van der Waals surface area contributed by atoms with Crippen LogP contribution in [0.4, 0.5) is 0 Å². The second-order valence-corrected chi connectivity index (χ2v) is 1.46. The molecule has 0 aliphatic carbocycles. The average molecular weight is 183 g/mol. The van der Waals surface area contributed by atoms with Crippen molar-refractivity contribution in [2.24, 2.45) is 5.73 Å². The van der Waals surface area contributed by atoms with E-state index in [2.05, 4.69) is 4.98 Å². The van der Waals surface area contributed by atoms with Gasteiger partial charge in [0.1, 0.15) is 0 Å². The SMILES string of the molecule is Cl.NC(=O)c1cc[nH]c1.O.O. The molecule has 1 aromatic heterocycles. The Morgan fingerprint density at radius 1 is 1.45 bits per heavy atom. The lowest BCUT2D eigenvalue weighted by Crippen LogP contribution is -2.08. The van der Waals surface area contributed by atoms with Crippen LogP contribution in [0.2, 0.25) is 0 Å². The quantitative estimate of drug-likeness (QED) is 0.562. The highest BCUT2D eigenvalue weighted by molar-refractivity contribution is 5.92. The molecule has 1 amide bonds. The number of nitrogens with one attached hydrogen (secondary N) is 1. The van der Waals surface area contributed by atoms with Gasteiger partial charge in [0.05, 0.1) is 5.56 Å². The van der Waals surface area contributed by atoms with E-state index in [1.165, 1.54) is 0 Å². The minimum atomic E-state index is -0.397. The molecule has 0 aromatic carbocycles. The van der Waals surface area contributed by atoms with Gasteiger partial charge < -0.3 is 21.7 Å². The lowest BCUT2D eigenvalue weighted by molar-refractivity contribution is 0.100. The van der Waals surface area contributed by atoms with Gasteiger partial charge in [0, 0.05) is 12.4 Å². The number of amides is 1. The topological polar surface area (TPSA) is 122 Å². The van der Waals surface area contributed by atoms with E-state index in [4.69, 9.17) is 5.73 Å². The first-order chi connectivity index (χ1) is 3.80. The lowest BCUT2D eigenvalue weighted by atomic mass is 10.3. The molecule has 1 aromatic rings. The molecular weight excluding hydrogens is 172 g/mol. The number of aromatic amines is 1. The fourth-order valence-electron chi connectivity index (χ4n) is 0.477. The lowest BCUT2D eigenvalue weighted by Gasteiger charge is -1.80. The molecule has 0 bridgehead atoms. The molecule has 0 spiro atoms. The molecule has 0 radical (unpaired) electrons. The van der Waals surface area contributed by atoms with Gasteiger partial charge in [-0.05, 0) is 6.07 Å². The third-order valence-corrected chi connectivity index (χ3v) is 0.882. The molecule has 0 atom stereocenters. The second-order valence-electron chi connectivity index (χ2n) is 1.46. The Balaban J connectivity index is -0.000000213. The van der Waals surface area contributed by atoms with Crippen LogP contribution in [0.5, 0.6) is 0 Å². The summed E-state index contributed by atoms with van der Waals surface area (Å²) in [5.41, 5.74) is 5.42. The first-order valence-corrected chi connectivity index (χ1v) is 2.23. The molecular formula is C5H11ClN2O3. The van der Waals surface area contributed by atoms with Crippen LogP contribution in [0, 0.1) is 0 Å². The van der Waals surface area contributed by atoms with E-state index < -0.39 is 5.91 Å². The minimum Gasteiger partial charge on any atom is -0.412 e. The van der Waals surface area contributed by atoms with Crippen molar-refractivity contribution in [2.45, 2.75) is 0 Å². The summed E-state index contributed by atoms with van der Waals surface area (Å²) in [6, 6.07) is 1.63. The predicted octanol–water partition coefficient (Wildman–Crippen LogP) is -1.11. The first-order valence-electron chi connectivity index (χ1n) is 2.23. The number of hydrogen-bond acceptors (Lipinski definition) is 1. The van der Waals surface area contributed by atoms with Gasteiger partial charge in [0.25, 0.3) is 0 Å². The molecule has 1 rings (SSSR count). The average Bonchev–Trinajstić information content (AvgIpc) is 2.12. The molecule has 0 aliphatic heterocycles. The molecule has 11 heavy (non-hydrogen) atoms. The van der Waals surface area contributed by atoms with E-state index >= 15 is 0 Å². The Kier molecular flexibility index (Phi) is 10.6. The van der Waals surface area contributed by atoms with Crippen molar-refractivity contribution in [1.29, 1.82) is 0 Å². The van der Waals surface area contributed by atoms with Crippen molar-refractivity contribution in [1.82, 2.24) is 4.98 Å². The van der Waals surface area contributed by atoms with E-state index in [9.17, 15) is 4.79 Å². The van der Waals surface area contributed by atoms with Crippen molar-refractivity contribution < 1.29 is 15.7 Å². The van der Waals surface area contributed by atoms with Crippen LogP contribution < -0.4 is 5.73 Å². The minimum absolute atomic E-state index is 0. The number of nitrogens with two attached hydrogens (primary N) is 1. The fraction of sp³-hybridized carbons (Fsp3) is 0. The number of rotatable bonds is 1. The Hall–Kier alpha value is -1.04. The Morgan fingerprint density at radius 2 is 2.00 bits per heavy atom. The van der Waals surface area contributed by atoms with E-state index in [0.29, 0.717) is 5.56 Å². The van der Waals surface area contributed by atoms with Crippen LogP contribution in [0.3, 0.4) is 0 Å². The number of carbonyl (C=O) groups is 1. The summed E-state index contributed by atoms with van der Waals surface area (Å²) in [5, 5.41) is 0. The van der Waals surface area contributed by atoms with Crippen LogP contribution in [0.15, 0.2) is 18.5 Å². The Labute approximate surface area is 69.6 Å². The van der Waals surface area contributed by atoms with Crippen LogP contribution >= 0.6 is 12.4 Å². The van der Waals surface area contributed by atoms with E-state index in [-0.39, 0.29) is 23.4 Å². The summed E-state index contributed by atoms with van der Waals surface area (Å²) in [6.07, 6.45) is 3.21. The molecule has 5 nitrogen and oxygen atoms in total. The van der Waals surface area contributed by atoms with Crippen molar-refractivity contribution in [3.8, 4) is 0 Å². The number of halogens is 1. The standard InChI is InChI=1S/C5H6N2O.ClH.2H2O/c6-5(8)4-1-2-7-3-4;;;/h1-3,7H,(H2,6,8);1H;2*1H2. The van der Waals surface area contributed by atoms with Crippen molar-refractivity contribution in [3.05, 3.63) is 24.0 Å². The van der Waals surface area contributed by atoms with Crippen LogP contribution in [0.1, 0.15) is 10.4 Å². The van der Waals surface area contributed by atoms with Crippen molar-refractivity contribution >= 4 is 18.3 Å². The van der Waals surface area contributed by atoms with Gasteiger partial charge in [0.2, 0.25) is 5.91 Å². The zero-order valence-electron chi connectivity index (χ0n) is 5.63. The molecule has 7 N–H and O–H groups in total.